The first kappa shape index (κ1) is 22.8. The molecule has 2 atom stereocenters. The van der Waals surface area contributed by atoms with E-state index in [0.717, 1.165) is 11.6 Å². The molecule has 2 fully saturated rings. The van der Waals surface area contributed by atoms with Gasteiger partial charge in [0.1, 0.15) is 5.82 Å². The average Bonchev–Trinajstić information content (AvgIpc) is 2.79. The third-order valence-corrected chi connectivity index (χ3v) is 7.79. The van der Waals surface area contributed by atoms with Crippen molar-refractivity contribution in [3.63, 3.8) is 0 Å². The highest BCUT2D eigenvalue weighted by Gasteiger charge is 2.32. The van der Waals surface area contributed by atoms with E-state index in [-0.39, 0.29) is 42.6 Å². The number of carbonyl (C=O) groups is 1. The molecule has 0 saturated carbocycles. The van der Waals surface area contributed by atoms with Gasteiger partial charge < -0.3 is 9.64 Å². The Bertz CT molecular complexity index is 1040. The molecule has 9 heteroatoms. The van der Waals surface area contributed by atoms with Crippen molar-refractivity contribution in [2.24, 2.45) is 0 Å². The van der Waals surface area contributed by atoms with E-state index < -0.39 is 15.8 Å². The third-order valence-electron chi connectivity index (χ3n) is 5.89. The molecular weight excluding hydrogens is 433 g/mol. The Kier molecular flexibility index (Phi) is 6.90. The second-order valence-corrected chi connectivity index (χ2v) is 10.2. The maximum absolute atomic E-state index is 13.5. The van der Waals surface area contributed by atoms with Crippen molar-refractivity contribution < 1.29 is 22.3 Å². The van der Waals surface area contributed by atoms with Crippen molar-refractivity contribution in [1.29, 1.82) is 0 Å². The Morgan fingerprint density at radius 1 is 1.03 bits per heavy atom. The first-order chi connectivity index (χ1) is 15.3. The smallest absolute Gasteiger partial charge is 0.243 e. The van der Waals surface area contributed by atoms with Crippen LogP contribution >= 0.6 is 0 Å². The molecule has 2 aromatic rings. The standard InChI is InChI=1S/C23H28FN3O4S/c1-18-15-25(16-22(31-18)19-6-3-2-4-7-19)17-23(28)26-10-12-27(13-11-26)32(29,30)21-9-5-8-20(24)14-21/h2-9,14,18,22H,10-13,15-17H2,1H3. The normalized spacial score (nSPS) is 23.2. The number of amides is 1. The zero-order valence-corrected chi connectivity index (χ0v) is 18.9. The minimum Gasteiger partial charge on any atom is -0.368 e. The van der Waals surface area contributed by atoms with E-state index in [0.29, 0.717) is 26.2 Å². The van der Waals surface area contributed by atoms with E-state index >= 15 is 0 Å². The molecule has 0 spiro atoms. The fraction of sp³-hybridized carbons (Fsp3) is 0.435. The highest BCUT2D eigenvalue weighted by Crippen LogP contribution is 2.25. The van der Waals surface area contributed by atoms with Crippen LogP contribution in [0.5, 0.6) is 0 Å². The van der Waals surface area contributed by atoms with Gasteiger partial charge in [-0.25, -0.2) is 12.8 Å². The van der Waals surface area contributed by atoms with Gasteiger partial charge in [0, 0.05) is 39.3 Å². The summed E-state index contributed by atoms with van der Waals surface area (Å²) in [7, 11) is -3.78. The number of halogens is 1. The number of morpholine rings is 1. The molecule has 2 aromatic carbocycles. The first-order valence-electron chi connectivity index (χ1n) is 10.8. The SMILES string of the molecule is CC1CN(CC(=O)N2CCN(S(=O)(=O)c3cccc(F)c3)CC2)CC(c2ccccc2)O1. The minimum atomic E-state index is -3.78. The zero-order chi connectivity index (χ0) is 22.7. The molecule has 0 radical (unpaired) electrons. The van der Waals surface area contributed by atoms with Gasteiger partial charge in [0.05, 0.1) is 23.6 Å². The molecule has 0 bridgehead atoms. The summed E-state index contributed by atoms with van der Waals surface area (Å²) < 4.78 is 46.4. The van der Waals surface area contributed by atoms with Gasteiger partial charge in [-0.05, 0) is 30.7 Å². The summed E-state index contributed by atoms with van der Waals surface area (Å²) >= 11 is 0. The molecule has 1 amide bonds. The van der Waals surface area contributed by atoms with Crippen LogP contribution < -0.4 is 0 Å². The van der Waals surface area contributed by atoms with Crippen LogP contribution in [0.3, 0.4) is 0 Å². The fourth-order valence-electron chi connectivity index (χ4n) is 4.27. The molecule has 2 unspecified atom stereocenters. The lowest BCUT2D eigenvalue weighted by molar-refractivity contribution is -0.137. The van der Waals surface area contributed by atoms with E-state index in [1.165, 1.54) is 22.5 Å². The minimum absolute atomic E-state index is 0.00927. The summed E-state index contributed by atoms with van der Waals surface area (Å²) in [6.45, 7) is 4.59. The van der Waals surface area contributed by atoms with Gasteiger partial charge in [0.15, 0.2) is 0 Å². The number of nitrogens with zero attached hydrogens (tertiary/aromatic N) is 3. The molecule has 0 N–H and O–H groups in total. The summed E-state index contributed by atoms with van der Waals surface area (Å²) in [4.78, 5) is 16.7. The summed E-state index contributed by atoms with van der Waals surface area (Å²) in [5.74, 6) is -0.609. The number of benzene rings is 2. The highest BCUT2D eigenvalue weighted by molar-refractivity contribution is 7.89. The lowest BCUT2D eigenvalue weighted by Gasteiger charge is -2.39. The maximum atomic E-state index is 13.5. The molecule has 2 aliphatic rings. The largest absolute Gasteiger partial charge is 0.368 e. The molecule has 2 heterocycles. The highest BCUT2D eigenvalue weighted by atomic mass is 32.2. The van der Waals surface area contributed by atoms with Crippen LogP contribution in [0.4, 0.5) is 4.39 Å². The van der Waals surface area contributed by atoms with Crippen LogP contribution in [0, 0.1) is 5.82 Å². The van der Waals surface area contributed by atoms with Crippen molar-refractivity contribution in [3.05, 3.63) is 66.0 Å². The van der Waals surface area contributed by atoms with Gasteiger partial charge in [-0.15, -0.1) is 0 Å². The first-order valence-corrected chi connectivity index (χ1v) is 12.2. The summed E-state index contributed by atoms with van der Waals surface area (Å²) in [5.41, 5.74) is 1.09. The van der Waals surface area contributed by atoms with Crippen molar-refractivity contribution in [2.75, 3.05) is 45.8 Å². The van der Waals surface area contributed by atoms with Gasteiger partial charge in [-0.2, -0.15) is 4.31 Å². The van der Waals surface area contributed by atoms with Crippen molar-refractivity contribution in [2.45, 2.75) is 24.0 Å². The van der Waals surface area contributed by atoms with Crippen LogP contribution in [0.1, 0.15) is 18.6 Å². The fourth-order valence-corrected chi connectivity index (χ4v) is 5.72. The summed E-state index contributed by atoms with van der Waals surface area (Å²) in [6, 6.07) is 15.0. The van der Waals surface area contributed by atoms with Gasteiger partial charge >= 0.3 is 0 Å². The molecule has 32 heavy (non-hydrogen) atoms. The van der Waals surface area contributed by atoms with E-state index in [1.807, 2.05) is 37.3 Å². The van der Waals surface area contributed by atoms with Gasteiger partial charge in [0.2, 0.25) is 15.9 Å². The van der Waals surface area contributed by atoms with Crippen LogP contribution in [-0.2, 0) is 19.6 Å². The lowest BCUT2D eigenvalue weighted by Crippen LogP contribution is -2.54. The second-order valence-electron chi connectivity index (χ2n) is 8.28. The Morgan fingerprint density at radius 2 is 1.75 bits per heavy atom. The molecular formula is C23H28FN3O4S. The number of sulfonamides is 1. The summed E-state index contributed by atoms with van der Waals surface area (Å²) in [6.07, 6.45) is -0.0731. The maximum Gasteiger partial charge on any atom is 0.243 e. The van der Waals surface area contributed by atoms with E-state index in [9.17, 15) is 17.6 Å². The predicted octanol–water partition coefficient (Wildman–Crippen LogP) is 2.12. The monoisotopic (exact) mass is 461 g/mol. The Labute approximate surface area is 188 Å². The molecule has 7 nitrogen and oxygen atoms in total. The number of ether oxygens (including phenoxy) is 1. The zero-order valence-electron chi connectivity index (χ0n) is 18.1. The molecule has 172 valence electrons. The van der Waals surface area contributed by atoms with Crippen molar-refractivity contribution >= 4 is 15.9 Å². The van der Waals surface area contributed by atoms with Crippen molar-refractivity contribution in [3.8, 4) is 0 Å². The quantitative estimate of drug-likeness (QED) is 0.682. The molecule has 0 aliphatic carbocycles. The van der Waals surface area contributed by atoms with Crippen LogP contribution in [0.25, 0.3) is 0 Å². The number of piperazine rings is 1. The van der Waals surface area contributed by atoms with E-state index in [1.54, 1.807) is 4.90 Å². The molecule has 2 saturated heterocycles. The van der Waals surface area contributed by atoms with Gasteiger partial charge in [0.25, 0.3) is 0 Å². The summed E-state index contributed by atoms with van der Waals surface area (Å²) in [5, 5.41) is 0. The van der Waals surface area contributed by atoms with Crippen molar-refractivity contribution in [1.82, 2.24) is 14.1 Å². The third kappa shape index (κ3) is 5.17. The number of carbonyl (C=O) groups excluding carboxylic acids is 1. The molecule has 2 aliphatic heterocycles. The van der Waals surface area contributed by atoms with Crippen LogP contribution in [0.2, 0.25) is 0 Å². The van der Waals surface area contributed by atoms with Crippen LogP contribution in [0.15, 0.2) is 59.5 Å². The lowest BCUT2D eigenvalue weighted by atomic mass is 10.1. The number of rotatable bonds is 5. The number of hydrogen-bond acceptors (Lipinski definition) is 5. The van der Waals surface area contributed by atoms with Crippen LogP contribution in [-0.4, -0.2) is 80.3 Å². The second kappa shape index (κ2) is 9.66. The van der Waals surface area contributed by atoms with Gasteiger partial charge in [-0.3, -0.25) is 9.69 Å². The van der Waals surface area contributed by atoms with Gasteiger partial charge in [-0.1, -0.05) is 36.4 Å². The Hall–Kier alpha value is -2.33. The Balaban J connectivity index is 1.33. The predicted molar refractivity (Wildman–Crippen MR) is 118 cm³/mol. The topological polar surface area (TPSA) is 70.2 Å². The van der Waals surface area contributed by atoms with E-state index in [4.69, 9.17) is 4.74 Å². The Morgan fingerprint density at radius 3 is 2.44 bits per heavy atom. The number of hydrogen-bond donors (Lipinski definition) is 0. The van der Waals surface area contributed by atoms with E-state index in [2.05, 4.69) is 4.90 Å². The average molecular weight is 462 g/mol. The molecule has 0 aromatic heterocycles. The molecule has 4 rings (SSSR count).